The van der Waals surface area contributed by atoms with Crippen LogP contribution in [0.15, 0.2) is 12.7 Å². The smallest absolute Gasteiger partial charge is 0.326 e. The van der Waals surface area contributed by atoms with Gasteiger partial charge >= 0.3 is 5.97 Å². The van der Waals surface area contributed by atoms with Crippen molar-refractivity contribution in [3.05, 3.63) is 12.7 Å². The molecular weight excluding hydrogens is 224 g/mol. The molecule has 0 spiro atoms. The summed E-state index contributed by atoms with van der Waals surface area (Å²) in [6.07, 6.45) is 3.12. The molecule has 1 amide bonds. The summed E-state index contributed by atoms with van der Waals surface area (Å²) in [7, 11) is 0. The molecule has 0 aliphatic carbocycles. The van der Waals surface area contributed by atoms with E-state index in [0.717, 1.165) is 0 Å². The summed E-state index contributed by atoms with van der Waals surface area (Å²) in [4.78, 5) is 26.2. The maximum absolute atomic E-state index is 11.5. The van der Waals surface area contributed by atoms with Crippen molar-refractivity contribution in [3.63, 3.8) is 0 Å². The van der Waals surface area contributed by atoms with Crippen LogP contribution in [0.1, 0.15) is 20.3 Å². The summed E-state index contributed by atoms with van der Waals surface area (Å²) < 4.78 is 1.34. The molecule has 0 bridgehead atoms. The number of carbonyl (C=O) groups is 2. The summed E-state index contributed by atoms with van der Waals surface area (Å²) in [5.41, 5.74) is 0. The van der Waals surface area contributed by atoms with Gasteiger partial charge in [0.1, 0.15) is 25.2 Å². The molecule has 0 aliphatic heterocycles. The van der Waals surface area contributed by atoms with Gasteiger partial charge in [0, 0.05) is 0 Å². The molecule has 1 rings (SSSR count). The van der Waals surface area contributed by atoms with Crippen molar-refractivity contribution in [2.75, 3.05) is 0 Å². The first-order valence-corrected chi connectivity index (χ1v) is 5.33. The zero-order valence-electron chi connectivity index (χ0n) is 9.83. The summed E-state index contributed by atoms with van der Waals surface area (Å²) in [6.45, 7) is 3.78. The quantitative estimate of drug-likeness (QED) is 0.723. The normalized spacial score (nSPS) is 12.4. The average molecular weight is 240 g/mol. The van der Waals surface area contributed by atoms with E-state index >= 15 is 0 Å². The van der Waals surface area contributed by atoms with Crippen LogP contribution < -0.4 is 5.32 Å². The minimum absolute atomic E-state index is 0.0259. The molecule has 1 atom stereocenters. The molecule has 0 saturated carbocycles. The summed E-state index contributed by atoms with van der Waals surface area (Å²) in [5, 5.41) is 15.2. The molecule has 1 aromatic heterocycles. The third-order valence-electron chi connectivity index (χ3n) is 2.11. The number of nitrogens with zero attached hydrogens (tertiary/aromatic N) is 3. The van der Waals surface area contributed by atoms with Gasteiger partial charge in [0.15, 0.2) is 0 Å². The van der Waals surface area contributed by atoms with Crippen molar-refractivity contribution in [2.45, 2.75) is 32.9 Å². The number of carbonyl (C=O) groups excluding carboxylic acids is 1. The first-order chi connectivity index (χ1) is 7.99. The van der Waals surface area contributed by atoms with Gasteiger partial charge in [-0.25, -0.2) is 14.5 Å². The fraction of sp³-hybridized carbons (Fsp3) is 0.600. The highest BCUT2D eigenvalue weighted by Crippen LogP contribution is 2.04. The van der Waals surface area contributed by atoms with Gasteiger partial charge in [-0.2, -0.15) is 5.10 Å². The maximum Gasteiger partial charge on any atom is 0.326 e. The van der Waals surface area contributed by atoms with Gasteiger partial charge in [-0.1, -0.05) is 13.8 Å². The number of hydrogen-bond acceptors (Lipinski definition) is 4. The van der Waals surface area contributed by atoms with Crippen LogP contribution in [0.2, 0.25) is 0 Å². The molecule has 0 saturated heterocycles. The van der Waals surface area contributed by atoms with E-state index in [2.05, 4.69) is 15.4 Å². The largest absolute Gasteiger partial charge is 0.480 e. The van der Waals surface area contributed by atoms with Crippen LogP contribution in [-0.2, 0) is 16.1 Å². The molecule has 0 radical (unpaired) electrons. The fourth-order valence-electron chi connectivity index (χ4n) is 1.39. The van der Waals surface area contributed by atoms with Crippen molar-refractivity contribution in [1.29, 1.82) is 0 Å². The van der Waals surface area contributed by atoms with E-state index in [1.54, 1.807) is 0 Å². The van der Waals surface area contributed by atoms with Crippen LogP contribution in [0.3, 0.4) is 0 Å². The van der Waals surface area contributed by atoms with Crippen LogP contribution >= 0.6 is 0 Å². The highest BCUT2D eigenvalue weighted by molar-refractivity contribution is 5.83. The lowest BCUT2D eigenvalue weighted by molar-refractivity contribution is -0.142. The van der Waals surface area contributed by atoms with Gasteiger partial charge in [0.2, 0.25) is 5.91 Å². The second-order valence-electron chi connectivity index (χ2n) is 4.18. The SMILES string of the molecule is CC(C)C[C@@H](NC(=O)Cn1cncn1)C(=O)O. The second kappa shape index (κ2) is 5.97. The number of amides is 1. The highest BCUT2D eigenvalue weighted by Gasteiger charge is 2.21. The highest BCUT2D eigenvalue weighted by atomic mass is 16.4. The lowest BCUT2D eigenvalue weighted by atomic mass is 10.0. The topological polar surface area (TPSA) is 97.1 Å². The van der Waals surface area contributed by atoms with Crippen LogP contribution in [0.4, 0.5) is 0 Å². The van der Waals surface area contributed by atoms with Crippen LogP contribution in [0.5, 0.6) is 0 Å². The standard InChI is InChI=1S/C10H16N4O3/c1-7(2)3-8(10(16)17)13-9(15)4-14-6-11-5-12-14/h5-8H,3-4H2,1-2H3,(H,13,15)(H,16,17)/t8-/m1/s1. The Balaban J connectivity index is 2.49. The maximum atomic E-state index is 11.5. The van der Waals surface area contributed by atoms with Crippen LogP contribution in [0, 0.1) is 5.92 Å². The predicted molar refractivity (Wildman–Crippen MR) is 59.0 cm³/mol. The van der Waals surface area contributed by atoms with Crippen LogP contribution in [-0.4, -0.2) is 37.8 Å². The molecular formula is C10H16N4O3. The Morgan fingerprint density at radius 2 is 2.18 bits per heavy atom. The van der Waals surface area contributed by atoms with Gasteiger partial charge in [-0.05, 0) is 12.3 Å². The zero-order chi connectivity index (χ0) is 12.8. The predicted octanol–water partition coefficient (Wildman–Crippen LogP) is -0.106. The van der Waals surface area contributed by atoms with E-state index in [1.807, 2.05) is 13.8 Å². The van der Waals surface area contributed by atoms with E-state index in [4.69, 9.17) is 5.11 Å². The number of aliphatic carboxylic acids is 1. The monoisotopic (exact) mass is 240 g/mol. The lowest BCUT2D eigenvalue weighted by Crippen LogP contribution is -2.43. The molecule has 1 aromatic rings. The molecule has 1 heterocycles. The Bertz CT molecular complexity index is 375. The molecule has 0 fully saturated rings. The first-order valence-electron chi connectivity index (χ1n) is 5.33. The van der Waals surface area contributed by atoms with E-state index in [9.17, 15) is 9.59 Å². The number of hydrogen-bond donors (Lipinski definition) is 2. The molecule has 7 heteroatoms. The average Bonchev–Trinajstić information content (AvgIpc) is 2.68. The van der Waals surface area contributed by atoms with E-state index in [-0.39, 0.29) is 18.4 Å². The van der Waals surface area contributed by atoms with Gasteiger partial charge in [0.25, 0.3) is 0 Å². The Labute approximate surface area is 98.8 Å². The second-order valence-corrected chi connectivity index (χ2v) is 4.18. The third kappa shape index (κ3) is 4.62. The molecule has 17 heavy (non-hydrogen) atoms. The number of rotatable bonds is 6. The van der Waals surface area contributed by atoms with Gasteiger partial charge in [-0.15, -0.1) is 0 Å². The van der Waals surface area contributed by atoms with Crippen molar-refractivity contribution < 1.29 is 14.7 Å². The Hall–Kier alpha value is -1.92. The Kier molecular flexibility index (Phi) is 4.62. The van der Waals surface area contributed by atoms with E-state index in [1.165, 1.54) is 17.3 Å². The summed E-state index contributed by atoms with van der Waals surface area (Å²) >= 11 is 0. The number of nitrogens with one attached hydrogen (secondary N) is 1. The molecule has 0 aliphatic rings. The first kappa shape index (κ1) is 13.1. The minimum Gasteiger partial charge on any atom is -0.480 e. The van der Waals surface area contributed by atoms with E-state index < -0.39 is 12.0 Å². The molecule has 94 valence electrons. The third-order valence-corrected chi connectivity index (χ3v) is 2.11. The van der Waals surface area contributed by atoms with Crippen LogP contribution in [0.25, 0.3) is 0 Å². The molecule has 0 aromatic carbocycles. The zero-order valence-corrected chi connectivity index (χ0v) is 9.83. The summed E-state index contributed by atoms with van der Waals surface area (Å²) in [5.74, 6) is -1.21. The van der Waals surface area contributed by atoms with Crippen molar-refractivity contribution in [2.24, 2.45) is 5.92 Å². The van der Waals surface area contributed by atoms with Crippen molar-refractivity contribution >= 4 is 11.9 Å². The van der Waals surface area contributed by atoms with Crippen molar-refractivity contribution in [3.8, 4) is 0 Å². The number of carboxylic acids is 1. The van der Waals surface area contributed by atoms with Crippen molar-refractivity contribution in [1.82, 2.24) is 20.1 Å². The molecule has 2 N–H and O–H groups in total. The minimum atomic E-state index is -1.02. The number of aromatic nitrogens is 3. The number of carboxylic acid groups (broad SMARTS) is 1. The fourth-order valence-corrected chi connectivity index (χ4v) is 1.39. The lowest BCUT2D eigenvalue weighted by Gasteiger charge is -2.16. The summed E-state index contributed by atoms with van der Waals surface area (Å²) in [6, 6.07) is -0.856. The van der Waals surface area contributed by atoms with Gasteiger partial charge < -0.3 is 10.4 Å². The van der Waals surface area contributed by atoms with E-state index in [0.29, 0.717) is 6.42 Å². The Morgan fingerprint density at radius 1 is 1.47 bits per heavy atom. The Morgan fingerprint density at radius 3 is 2.65 bits per heavy atom. The van der Waals surface area contributed by atoms with Gasteiger partial charge in [0.05, 0.1) is 0 Å². The molecule has 7 nitrogen and oxygen atoms in total. The molecule has 0 unspecified atom stereocenters. The van der Waals surface area contributed by atoms with Gasteiger partial charge in [-0.3, -0.25) is 4.79 Å².